The fourth-order valence-electron chi connectivity index (χ4n) is 2.24. The molecule has 0 spiro atoms. The van der Waals surface area contributed by atoms with Crippen LogP contribution in [0.25, 0.3) is 0 Å². The summed E-state index contributed by atoms with van der Waals surface area (Å²) in [7, 11) is -2.80. The van der Waals surface area contributed by atoms with Crippen molar-refractivity contribution in [3.05, 3.63) is 20.9 Å². The second kappa shape index (κ2) is 10.4. The van der Waals surface area contributed by atoms with Gasteiger partial charge in [0, 0.05) is 30.9 Å². The lowest BCUT2D eigenvalue weighted by Gasteiger charge is -2.22. The number of nitrogens with zero attached hydrogens (tertiary/aromatic N) is 3. The first kappa shape index (κ1) is 25.4. The number of allylic oxidation sites excluding steroid dienone is 2. The maximum atomic E-state index is 12.7. The van der Waals surface area contributed by atoms with E-state index in [0.717, 1.165) is 16.3 Å². The van der Waals surface area contributed by atoms with E-state index in [9.17, 15) is 18.0 Å². The Kier molecular flexibility index (Phi) is 9.11. The Morgan fingerprint density at radius 1 is 1.38 bits per heavy atom. The van der Waals surface area contributed by atoms with Crippen molar-refractivity contribution in [1.82, 2.24) is 5.06 Å². The highest BCUT2D eigenvalue weighted by Crippen LogP contribution is 2.40. The standard InChI is InChI=1S/C17H24IN3O7S/c1-11-17(2,3)13(15(18)20-11)8-12(9-19-6-5-7-29(25,26)27)16(24)21(4)28-10-14(22)23/h8-9H,5-7,10H2,1-4H3,(H,22,23)(H,25,26,27)/b12-8+,19-9+. The zero-order valence-electron chi connectivity index (χ0n) is 16.5. The molecular weight excluding hydrogens is 517 g/mol. The van der Waals surface area contributed by atoms with Crippen molar-refractivity contribution in [2.45, 2.75) is 27.2 Å². The highest BCUT2D eigenvalue weighted by molar-refractivity contribution is 14.1. The number of hydroxylamine groups is 2. The average molecular weight is 541 g/mol. The van der Waals surface area contributed by atoms with Gasteiger partial charge < -0.3 is 5.11 Å². The van der Waals surface area contributed by atoms with E-state index >= 15 is 0 Å². The zero-order chi connectivity index (χ0) is 22.4. The number of hydrogen-bond acceptors (Lipinski definition) is 7. The van der Waals surface area contributed by atoms with Crippen molar-refractivity contribution >= 4 is 56.5 Å². The van der Waals surface area contributed by atoms with Gasteiger partial charge in [0.25, 0.3) is 16.0 Å². The minimum atomic E-state index is -4.08. The van der Waals surface area contributed by atoms with E-state index in [0.29, 0.717) is 3.70 Å². The molecule has 0 fully saturated rings. The van der Waals surface area contributed by atoms with Gasteiger partial charge >= 0.3 is 5.97 Å². The van der Waals surface area contributed by atoms with Gasteiger partial charge in [0.2, 0.25) is 0 Å². The molecule has 2 N–H and O–H groups in total. The van der Waals surface area contributed by atoms with Crippen LogP contribution in [0.2, 0.25) is 0 Å². The number of carbonyl (C=O) groups excluding carboxylic acids is 1. The molecule has 0 saturated carbocycles. The van der Waals surface area contributed by atoms with Crippen LogP contribution >= 0.6 is 22.6 Å². The largest absolute Gasteiger partial charge is 0.479 e. The molecule has 1 heterocycles. The van der Waals surface area contributed by atoms with Crippen molar-refractivity contribution in [2.24, 2.45) is 15.4 Å². The summed E-state index contributed by atoms with van der Waals surface area (Å²) in [5, 5.41) is 9.51. The predicted molar refractivity (Wildman–Crippen MR) is 117 cm³/mol. The Hall–Kier alpha value is -1.64. The molecule has 12 heteroatoms. The van der Waals surface area contributed by atoms with Gasteiger partial charge in [-0.15, -0.1) is 0 Å². The highest BCUT2D eigenvalue weighted by Gasteiger charge is 2.33. The van der Waals surface area contributed by atoms with Crippen LogP contribution in [-0.2, 0) is 24.5 Å². The molecule has 0 saturated heterocycles. The normalized spacial score (nSPS) is 17.0. The van der Waals surface area contributed by atoms with Crippen molar-refractivity contribution < 1.29 is 32.5 Å². The quantitative estimate of drug-likeness (QED) is 0.0817. The van der Waals surface area contributed by atoms with Gasteiger partial charge in [-0.2, -0.15) is 8.42 Å². The number of aliphatic carboxylic acids is 1. The Balaban J connectivity index is 3.10. The Morgan fingerprint density at radius 2 is 2.00 bits per heavy atom. The van der Waals surface area contributed by atoms with Crippen LogP contribution in [-0.4, -0.2) is 72.9 Å². The zero-order valence-corrected chi connectivity index (χ0v) is 19.5. The van der Waals surface area contributed by atoms with Crippen LogP contribution in [0.1, 0.15) is 27.2 Å². The molecule has 0 aromatic rings. The summed E-state index contributed by atoms with van der Waals surface area (Å²) in [4.78, 5) is 36.8. The van der Waals surface area contributed by atoms with Gasteiger partial charge in [0.1, 0.15) is 3.70 Å². The van der Waals surface area contributed by atoms with E-state index in [1.165, 1.54) is 13.3 Å². The van der Waals surface area contributed by atoms with E-state index in [-0.39, 0.29) is 18.5 Å². The summed E-state index contributed by atoms with van der Waals surface area (Å²) in [5.41, 5.74) is 1.36. The summed E-state index contributed by atoms with van der Waals surface area (Å²) >= 11 is 2.07. The molecule has 1 rings (SSSR count). The van der Waals surface area contributed by atoms with Crippen LogP contribution < -0.4 is 0 Å². The van der Waals surface area contributed by atoms with E-state index in [2.05, 4.69) is 32.6 Å². The van der Waals surface area contributed by atoms with Gasteiger partial charge in [-0.3, -0.25) is 24.2 Å². The smallest absolute Gasteiger partial charge is 0.332 e. The molecule has 0 radical (unpaired) electrons. The summed E-state index contributed by atoms with van der Waals surface area (Å²) in [6.07, 6.45) is 2.96. The number of amides is 1. The van der Waals surface area contributed by atoms with Gasteiger partial charge in [0.05, 0.1) is 11.3 Å². The third kappa shape index (κ3) is 7.95. The number of halogens is 1. The SMILES string of the molecule is CC1=NC(I)=C(/C=C(\C=N\CCCS(=O)(=O)O)C(=O)N(C)OCC(=O)O)C1(C)C. The molecule has 0 atom stereocenters. The van der Waals surface area contributed by atoms with Crippen molar-refractivity contribution in [3.8, 4) is 0 Å². The molecular formula is C17H24IN3O7S. The van der Waals surface area contributed by atoms with E-state index < -0.39 is 39.8 Å². The molecule has 162 valence electrons. The van der Waals surface area contributed by atoms with Gasteiger partial charge in [-0.25, -0.2) is 9.86 Å². The van der Waals surface area contributed by atoms with E-state index in [1.54, 1.807) is 6.08 Å². The number of carboxylic acid groups (broad SMARTS) is 1. The maximum Gasteiger partial charge on any atom is 0.332 e. The van der Waals surface area contributed by atoms with Gasteiger partial charge in [0.15, 0.2) is 6.61 Å². The summed E-state index contributed by atoms with van der Waals surface area (Å²) < 4.78 is 31.0. The third-order valence-corrected chi connectivity index (χ3v) is 5.83. The topological polar surface area (TPSA) is 146 Å². The monoisotopic (exact) mass is 541 g/mol. The Bertz CT molecular complexity index is 889. The second-order valence-corrected chi connectivity index (χ2v) is 9.36. The number of carbonyl (C=O) groups is 2. The highest BCUT2D eigenvalue weighted by atomic mass is 127. The summed E-state index contributed by atoms with van der Waals surface area (Å²) in [6.45, 7) is 5.18. The first-order chi connectivity index (χ1) is 13.3. The number of rotatable bonds is 10. The molecule has 1 aliphatic rings. The minimum Gasteiger partial charge on any atom is -0.479 e. The van der Waals surface area contributed by atoms with E-state index in [1.807, 2.05) is 20.8 Å². The van der Waals surface area contributed by atoms with Crippen molar-refractivity contribution in [1.29, 1.82) is 0 Å². The number of aliphatic imine (C=N–C) groups is 2. The summed E-state index contributed by atoms with van der Waals surface area (Å²) in [6, 6.07) is 0. The van der Waals surface area contributed by atoms with Crippen molar-refractivity contribution in [3.63, 3.8) is 0 Å². The third-order valence-electron chi connectivity index (χ3n) is 4.20. The predicted octanol–water partition coefficient (Wildman–Crippen LogP) is 1.88. The molecule has 0 aliphatic carbocycles. The summed E-state index contributed by atoms with van der Waals surface area (Å²) in [5.74, 6) is -2.30. The van der Waals surface area contributed by atoms with Crippen LogP contribution in [0.15, 0.2) is 30.9 Å². The first-order valence-electron chi connectivity index (χ1n) is 8.51. The number of carboxylic acids is 1. The lowest BCUT2D eigenvalue weighted by molar-refractivity contribution is -0.181. The number of hydrogen-bond donors (Lipinski definition) is 2. The molecule has 0 aromatic carbocycles. The number of likely N-dealkylation sites (N-methyl/N-ethyl adjacent to an activating group) is 1. The lowest BCUT2D eigenvalue weighted by Crippen LogP contribution is -2.31. The first-order valence-corrected chi connectivity index (χ1v) is 11.2. The second-order valence-electron chi connectivity index (χ2n) is 6.77. The molecule has 1 amide bonds. The van der Waals surface area contributed by atoms with Crippen LogP contribution in [0.5, 0.6) is 0 Å². The van der Waals surface area contributed by atoms with Gasteiger partial charge in [-0.1, -0.05) is 13.8 Å². The van der Waals surface area contributed by atoms with Crippen LogP contribution in [0.3, 0.4) is 0 Å². The molecule has 0 aromatic heterocycles. The molecule has 1 aliphatic heterocycles. The fraction of sp³-hybridized carbons (Fsp3) is 0.529. The average Bonchev–Trinajstić information content (AvgIpc) is 2.78. The minimum absolute atomic E-state index is 0.0686. The maximum absolute atomic E-state index is 12.7. The Labute approximate surface area is 183 Å². The molecule has 0 bridgehead atoms. The van der Waals surface area contributed by atoms with Gasteiger partial charge in [-0.05, 0) is 47.6 Å². The fourth-order valence-corrected chi connectivity index (χ4v) is 3.93. The van der Waals surface area contributed by atoms with Crippen LogP contribution in [0, 0.1) is 5.41 Å². The van der Waals surface area contributed by atoms with E-state index in [4.69, 9.17) is 14.5 Å². The Morgan fingerprint density at radius 3 is 2.48 bits per heavy atom. The molecule has 10 nitrogen and oxygen atoms in total. The van der Waals surface area contributed by atoms with Crippen LogP contribution in [0.4, 0.5) is 0 Å². The molecule has 0 unspecified atom stereocenters. The lowest BCUT2D eigenvalue weighted by atomic mass is 9.81. The van der Waals surface area contributed by atoms with Crippen molar-refractivity contribution in [2.75, 3.05) is 26.0 Å². The molecule has 29 heavy (non-hydrogen) atoms.